The molecule has 0 bridgehead atoms. The van der Waals surface area contributed by atoms with Crippen LogP contribution in [0.15, 0.2) is 18.2 Å². The maximum atomic E-state index is 13.7. The van der Waals surface area contributed by atoms with E-state index in [4.69, 9.17) is 4.74 Å². The average molecular weight is 223 g/mol. The smallest absolute Gasteiger partial charge is 0.126 e. The molecule has 0 radical (unpaired) electrons. The largest absolute Gasteiger partial charge is 0.496 e. The minimum atomic E-state index is -0.980. The molecule has 88 valence electrons. The van der Waals surface area contributed by atoms with Gasteiger partial charge in [-0.25, -0.2) is 4.39 Å². The van der Waals surface area contributed by atoms with E-state index in [-0.39, 0.29) is 0 Å². The minimum Gasteiger partial charge on any atom is -0.496 e. The van der Waals surface area contributed by atoms with Crippen molar-refractivity contribution in [2.45, 2.75) is 25.4 Å². The molecule has 2 nitrogen and oxygen atoms in total. The molecular formula is C13H18FNO. The first kappa shape index (κ1) is 11.4. The van der Waals surface area contributed by atoms with Crippen LogP contribution >= 0.6 is 0 Å². The van der Waals surface area contributed by atoms with Crippen LogP contribution in [0.1, 0.15) is 36.6 Å². The molecule has 16 heavy (non-hydrogen) atoms. The van der Waals surface area contributed by atoms with Crippen molar-refractivity contribution in [3.63, 3.8) is 0 Å². The molecule has 1 saturated heterocycles. The average Bonchev–Trinajstić information content (AvgIpc) is 2.81. The standard InChI is InChI=1S/C13H18FNO/c1-9(14)13-11(10-6-7-15-8-10)4-3-5-12(13)16-2/h3-5,9-10,15H,6-8H2,1-2H3. The number of hydrogen-bond acceptors (Lipinski definition) is 2. The number of alkyl halides is 1. The lowest BCUT2D eigenvalue weighted by atomic mass is 9.91. The molecule has 0 spiro atoms. The normalized spacial score (nSPS) is 22.1. The summed E-state index contributed by atoms with van der Waals surface area (Å²) in [5.74, 6) is 1.09. The molecule has 1 N–H and O–H groups in total. The van der Waals surface area contributed by atoms with Gasteiger partial charge < -0.3 is 10.1 Å². The van der Waals surface area contributed by atoms with Gasteiger partial charge in [0.1, 0.15) is 11.9 Å². The monoisotopic (exact) mass is 223 g/mol. The van der Waals surface area contributed by atoms with Crippen LogP contribution in [0, 0.1) is 0 Å². The van der Waals surface area contributed by atoms with Crippen LogP contribution in [0.5, 0.6) is 5.75 Å². The summed E-state index contributed by atoms with van der Waals surface area (Å²) >= 11 is 0. The Morgan fingerprint density at radius 1 is 1.50 bits per heavy atom. The number of halogens is 1. The molecule has 1 aliphatic heterocycles. The van der Waals surface area contributed by atoms with Crippen molar-refractivity contribution in [2.75, 3.05) is 20.2 Å². The fraction of sp³-hybridized carbons (Fsp3) is 0.538. The number of rotatable bonds is 3. The number of ether oxygens (including phenoxy) is 1. The van der Waals surface area contributed by atoms with Crippen LogP contribution < -0.4 is 10.1 Å². The maximum absolute atomic E-state index is 13.7. The van der Waals surface area contributed by atoms with Gasteiger partial charge in [-0.1, -0.05) is 12.1 Å². The summed E-state index contributed by atoms with van der Waals surface area (Å²) in [6, 6.07) is 5.79. The fourth-order valence-electron chi connectivity index (χ4n) is 2.44. The van der Waals surface area contributed by atoms with Crippen molar-refractivity contribution in [2.24, 2.45) is 0 Å². The van der Waals surface area contributed by atoms with E-state index in [1.807, 2.05) is 18.2 Å². The third-order valence-electron chi connectivity index (χ3n) is 3.22. The summed E-state index contributed by atoms with van der Waals surface area (Å²) in [4.78, 5) is 0. The number of benzene rings is 1. The van der Waals surface area contributed by atoms with Crippen LogP contribution in [0.25, 0.3) is 0 Å². The Morgan fingerprint density at radius 3 is 2.88 bits per heavy atom. The Morgan fingerprint density at radius 2 is 2.31 bits per heavy atom. The molecule has 1 aliphatic rings. The Hall–Kier alpha value is -1.09. The Labute approximate surface area is 95.8 Å². The second kappa shape index (κ2) is 4.83. The lowest BCUT2D eigenvalue weighted by molar-refractivity contribution is 0.343. The molecule has 1 heterocycles. The minimum absolute atomic E-state index is 0.420. The summed E-state index contributed by atoms with van der Waals surface area (Å²) in [5, 5.41) is 3.31. The van der Waals surface area contributed by atoms with Gasteiger partial charge in [0, 0.05) is 12.1 Å². The highest BCUT2D eigenvalue weighted by atomic mass is 19.1. The summed E-state index contributed by atoms with van der Waals surface area (Å²) in [7, 11) is 1.60. The zero-order chi connectivity index (χ0) is 11.5. The SMILES string of the molecule is COc1cccc(C2CCNC2)c1C(C)F. The van der Waals surface area contributed by atoms with E-state index in [1.165, 1.54) is 0 Å². The van der Waals surface area contributed by atoms with Crippen LogP contribution in [-0.4, -0.2) is 20.2 Å². The Balaban J connectivity index is 2.42. The molecule has 0 amide bonds. The first-order chi connectivity index (χ1) is 7.74. The van der Waals surface area contributed by atoms with E-state index in [0.29, 0.717) is 11.7 Å². The van der Waals surface area contributed by atoms with Gasteiger partial charge in [-0.15, -0.1) is 0 Å². The molecule has 0 aliphatic carbocycles. The maximum Gasteiger partial charge on any atom is 0.126 e. The van der Waals surface area contributed by atoms with Gasteiger partial charge >= 0.3 is 0 Å². The van der Waals surface area contributed by atoms with Gasteiger partial charge in [-0.2, -0.15) is 0 Å². The van der Waals surface area contributed by atoms with Crippen LogP contribution in [0.4, 0.5) is 4.39 Å². The van der Waals surface area contributed by atoms with Crippen molar-refractivity contribution in [3.8, 4) is 5.75 Å². The van der Waals surface area contributed by atoms with E-state index in [1.54, 1.807) is 14.0 Å². The first-order valence-corrected chi connectivity index (χ1v) is 5.75. The van der Waals surface area contributed by atoms with Gasteiger partial charge in [0.15, 0.2) is 0 Å². The predicted octanol–water partition coefficient (Wildman–Crippen LogP) is 2.80. The van der Waals surface area contributed by atoms with Crippen LogP contribution in [-0.2, 0) is 0 Å². The van der Waals surface area contributed by atoms with Crippen molar-refractivity contribution in [3.05, 3.63) is 29.3 Å². The molecule has 2 rings (SSSR count). The topological polar surface area (TPSA) is 21.3 Å². The molecule has 3 heteroatoms. The number of hydrogen-bond donors (Lipinski definition) is 1. The molecule has 0 saturated carbocycles. The number of nitrogens with one attached hydrogen (secondary N) is 1. The highest BCUT2D eigenvalue weighted by Crippen LogP contribution is 2.36. The summed E-state index contributed by atoms with van der Waals surface area (Å²) in [5.41, 5.74) is 1.82. The van der Waals surface area contributed by atoms with E-state index in [9.17, 15) is 4.39 Å². The van der Waals surface area contributed by atoms with Crippen LogP contribution in [0.3, 0.4) is 0 Å². The summed E-state index contributed by atoms with van der Waals surface area (Å²) in [6.45, 7) is 3.53. The van der Waals surface area contributed by atoms with E-state index < -0.39 is 6.17 Å². The van der Waals surface area contributed by atoms with E-state index >= 15 is 0 Å². The van der Waals surface area contributed by atoms with Crippen LogP contribution in [0.2, 0.25) is 0 Å². The third-order valence-corrected chi connectivity index (χ3v) is 3.22. The van der Waals surface area contributed by atoms with Gasteiger partial charge in [-0.05, 0) is 37.4 Å². The Kier molecular flexibility index (Phi) is 3.44. The predicted molar refractivity (Wildman–Crippen MR) is 62.7 cm³/mol. The molecule has 0 aromatic heterocycles. The highest BCUT2D eigenvalue weighted by Gasteiger charge is 2.24. The number of methoxy groups -OCH3 is 1. The zero-order valence-corrected chi connectivity index (χ0v) is 9.79. The van der Waals surface area contributed by atoms with Crippen molar-refractivity contribution >= 4 is 0 Å². The van der Waals surface area contributed by atoms with E-state index in [0.717, 1.165) is 30.6 Å². The quantitative estimate of drug-likeness (QED) is 0.850. The van der Waals surface area contributed by atoms with Gasteiger partial charge in [-0.3, -0.25) is 0 Å². The second-order valence-electron chi connectivity index (χ2n) is 4.27. The van der Waals surface area contributed by atoms with Crippen molar-refractivity contribution in [1.82, 2.24) is 5.32 Å². The zero-order valence-electron chi connectivity index (χ0n) is 9.79. The first-order valence-electron chi connectivity index (χ1n) is 5.75. The molecule has 2 unspecified atom stereocenters. The lowest BCUT2D eigenvalue weighted by Gasteiger charge is -2.18. The third kappa shape index (κ3) is 2.05. The summed E-state index contributed by atoms with van der Waals surface area (Å²) in [6.07, 6.45) is 0.0964. The molecular weight excluding hydrogens is 205 g/mol. The molecule has 2 atom stereocenters. The van der Waals surface area contributed by atoms with Gasteiger partial charge in [0.2, 0.25) is 0 Å². The van der Waals surface area contributed by atoms with Gasteiger partial charge in [0.05, 0.1) is 7.11 Å². The van der Waals surface area contributed by atoms with E-state index in [2.05, 4.69) is 5.32 Å². The van der Waals surface area contributed by atoms with Crippen molar-refractivity contribution < 1.29 is 9.13 Å². The van der Waals surface area contributed by atoms with Crippen molar-refractivity contribution in [1.29, 1.82) is 0 Å². The van der Waals surface area contributed by atoms with Gasteiger partial charge in [0.25, 0.3) is 0 Å². The molecule has 1 aromatic carbocycles. The Bertz CT molecular complexity index is 359. The highest BCUT2D eigenvalue weighted by molar-refractivity contribution is 5.44. The lowest BCUT2D eigenvalue weighted by Crippen LogP contribution is -2.10. The summed E-state index contributed by atoms with van der Waals surface area (Å²) < 4.78 is 18.9. The molecule has 1 aromatic rings. The second-order valence-corrected chi connectivity index (χ2v) is 4.27. The molecule has 1 fully saturated rings. The fourth-order valence-corrected chi connectivity index (χ4v) is 2.44.